The minimum Gasteiger partial charge on any atom is -0.310 e. The molecule has 2 aromatic rings. The Hall–Kier alpha value is -2.79. The van der Waals surface area contributed by atoms with Gasteiger partial charge < -0.3 is 9.47 Å². The fraction of sp³-hybridized carbons (Fsp3) is 0.278. The molecular weight excluding hydrogens is 383 g/mol. The molecule has 0 spiro atoms. The lowest BCUT2D eigenvalue weighted by molar-refractivity contribution is -0.138. The van der Waals surface area contributed by atoms with Crippen LogP contribution >= 0.6 is 11.6 Å². The number of nitrogens with zero attached hydrogens (tertiary/aromatic N) is 3. The van der Waals surface area contributed by atoms with Crippen LogP contribution in [0.5, 0.6) is 0 Å². The molecule has 1 heterocycles. The maximum absolute atomic E-state index is 12.9. The number of hydrogen-bond acceptors (Lipinski definition) is 3. The van der Waals surface area contributed by atoms with E-state index in [1.807, 2.05) is 13.0 Å². The van der Waals surface area contributed by atoms with Crippen LogP contribution in [0, 0.1) is 18.3 Å². The first-order valence-corrected chi connectivity index (χ1v) is 8.22. The smallest absolute Gasteiger partial charge is 0.310 e. The van der Waals surface area contributed by atoms with Gasteiger partial charge in [0.25, 0.3) is 5.56 Å². The van der Waals surface area contributed by atoms with Crippen molar-refractivity contribution in [3.63, 3.8) is 0 Å². The van der Waals surface area contributed by atoms with Gasteiger partial charge in [0.1, 0.15) is 11.6 Å². The van der Waals surface area contributed by atoms with E-state index >= 15 is 0 Å². The molecule has 2 rings (SSSR count). The van der Waals surface area contributed by atoms with Crippen LogP contribution in [0.4, 0.5) is 18.9 Å². The van der Waals surface area contributed by atoms with Crippen molar-refractivity contribution < 1.29 is 18.0 Å². The Morgan fingerprint density at radius 3 is 2.48 bits per heavy atom. The predicted molar refractivity (Wildman–Crippen MR) is 94.5 cm³/mol. The number of hydrogen-bond donors (Lipinski definition) is 0. The van der Waals surface area contributed by atoms with Gasteiger partial charge >= 0.3 is 6.18 Å². The predicted octanol–water partition coefficient (Wildman–Crippen LogP) is 3.78. The minimum absolute atomic E-state index is 0.0257. The molecule has 1 aromatic heterocycles. The number of carbonyl (C=O) groups excluding carboxylic acids is 1. The van der Waals surface area contributed by atoms with E-state index in [-0.39, 0.29) is 13.0 Å². The number of alkyl halides is 3. The molecule has 142 valence electrons. The van der Waals surface area contributed by atoms with Crippen LogP contribution in [-0.2, 0) is 17.5 Å². The summed E-state index contributed by atoms with van der Waals surface area (Å²) in [5.74, 6) is -0.633. The molecule has 5 nitrogen and oxygen atoms in total. The molecule has 0 aliphatic rings. The summed E-state index contributed by atoms with van der Waals surface area (Å²) in [6.45, 7) is 1.26. The molecule has 1 aromatic carbocycles. The van der Waals surface area contributed by atoms with Gasteiger partial charge in [-0.25, -0.2) is 0 Å². The molecule has 0 radical (unpaired) electrons. The molecule has 0 atom stereocenters. The number of anilines is 1. The van der Waals surface area contributed by atoms with Gasteiger partial charge in [-0.15, -0.1) is 0 Å². The first-order chi connectivity index (χ1) is 12.6. The SMILES string of the molecule is Cc1ccc(N(CCC#N)C(=O)Cn2cc(C(F)(F)F)cc(Cl)c2=O)cc1. The number of amides is 1. The van der Waals surface area contributed by atoms with Crippen molar-refractivity contribution in [2.24, 2.45) is 0 Å². The first kappa shape index (κ1) is 20.5. The van der Waals surface area contributed by atoms with E-state index in [0.29, 0.717) is 22.5 Å². The van der Waals surface area contributed by atoms with E-state index in [2.05, 4.69) is 0 Å². The van der Waals surface area contributed by atoms with E-state index in [0.717, 1.165) is 5.56 Å². The minimum atomic E-state index is -4.71. The highest BCUT2D eigenvalue weighted by atomic mass is 35.5. The molecule has 0 aliphatic carbocycles. The third-order valence-corrected chi connectivity index (χ3v) is 4.04. The number of halogens is 4. The molecule has 0 saturated carbocycles. The molecule has 0 saturated heterocycles. The van der Waals surface area contributed by atoms with Gasteiger partial charge in [0.2, 0.25) is 5.91 Å². The molecule has 0 fully saturated rings. The van der Waals surface area contributed by atoms with Crippen molar-refractivity contribution in [1.82, 2.24) is 4.57 Å². The molecule has 1 amide bonds. The van der Waals surface area contributed by atoms with Gasteiger partial charge in [0.05, 0.1) is 18.1 Å². The lowest BCUT2D eigenvalue weighted by atomic mass is 10.2. The summed E-state index contributed by atoms with van der Waals surface area (Å²) in [4.78, 5) is 26.0. The molecule has 27 heavy (non-hydrogen) atoms. The van der Waals surface area contributed by atoms with Gasteiger partial charge in [-0.3, -0.25) is 9.59 Å². The number of benzene rings is 1. The van der Waals surface area contributed by atoms with Crippen molar-refractivity contribution in [3.05, 3.63) is 63.0 Å². The van der Waals surface area contributed by atoms with Crippen molar-refractivity contribution in [1.29, 1.82) is 5.26 Å². The Morgan fingerprint density at radius 2 is 1.93 bits per heavy atom. The maximum Gasteiger partial charge on any atom is 0.417 e. The number of rotatable bonds is 5. The fourth-order valence-corrected chi connectivity index (χ4v) is 2.61. The number of aromatic nitrogens is 1. The average molecular weight is 398 g/mol. The van der Waals surface area contributed by atoms with Crippen LogP contribution in [0.2, 0.25) is 5.02 Å². The molecular formula is C18H15ClF3N3O2. The Bertz CT molecular complexity index is 931. The van der Waals surface area contributed by atoms with Crippen molar-refractivity contribution in [2.45, 2.75) is 26.1 Å². The van der Waals surface area contributed by atoms with Crippen LogP contribution in [0.3, 0.4) is 0 Å². The third kappa shape index (κ3) is 5.11. The summed E-state index contributed by atoms with van der Waals surface area (Å²) in [5, 5.41) is 8.17. The normalized spacial score (nSPS) is 11.1. The van der Waals surface area contributed by atoms with Gasteiger partial charge in [0, 0.05) is 18.4 Å². The average Bonchev–Trinajstić information content (AvgIpc) is 2.59. The Labute approximate surface area is 158 Å². The Balaban J connectivity index is 2.37. The second-order valence-electron chi connectivity index (χ2n) is 5.80. The number of carbonyl (C=O) groups is 1. The van der Waals surface area contributed by atoms with E-state index in [1.165, 1.54) is 4.90 Å². The lowest BCUT2D eigenvalue weighted by Gasteiger charge is -2.23. The van der Waals surface area contributed by atoms with Crippen LogP contribution < -0.4 is 10.5 Å². The topological polar surface area (TPSA) is 66.1 Å². The summed E-state index contributed by atoms with van der Waals surface area (Å²) in [6.07, 6.45) is -4.12. The standard InChI is InChI=1S/C18H15ClF3N3O2/c1-12-3-5-14(6-4-12)25(8-2-7-23)16(26)11-24-10-13(18(20,21)22)9-15(19)17(24)27/h3-6,9-10H,2,8,11H2,1H3. The lowest BCUT2D eigenvalue weighted by Crippen LogP contribution is -2.37. The number of pyridine rings is 1. The largest absolute Gasteiger partial charge is 0.417 e. The van der Waals surface area contributed by atoms with Gasteiger partial charge in [-0.2, -0.15) is 18.4 Å². The zero-order chi connectivity index (χ0) is 20.2. The highest BCUT2D eigenvalue weighted by molar-refractivity contribution is 6.30. The quantitative estimate of drug-likeness (QED) is 0.771. The fourth-order valence-electron chi connectivity index (χ4n) is 2.39. The number of aryl methyl sites for hydroxylation is 1. The Morgan fingerprint density at radius 1 is 1.30 bits per heavy atom. The summed E-state index contributed by atoms with van der Waals surface area (Å²) < 4.78 is 39.4. The van der Waals surface area contributed by atoms with E-state index in [1.54, 1.807) is 24.3 Å². The highest BCUT2D eigenvalue weighted by Crippen LogP contribution is 2.29. The van der Waals surface area contributed by atoms with Crippen LogP contribution in [0.15, 0.2) is 41.3 Å². The summed E-state index contributed by atoms with van der Waals surface area (Å²) in [7, 11) is 0. The van der Waals surface area contributed by atoms with Gasteiger partial charge in [-0.1, -0.05) is 29.3 Å². The van der Waals surface area contributed by atoms with E-state index in [4.69, 9.17) is 16.9 Å². The molecule has 0 bridgehead atoms. The van der Waals surface area contributed by atoms with E-state index in [9.17, 15) is 22.8 Å². The second-order valence-corrected chi connectivity index (χ2v) is 6.20. The van der Waals surface area contributed by atoms with E-state index < -0.39 is 34.8 Å². The maximum atomic E-state index is 12.9. The Kier molecular flexibility index (Phi) is 6.28. The zero-order valence-corrected chi connectivity index (χ0v) is 15.0. The molecule has 9 heteroatoms. The van der Waals surface area contributed by atoms with Crippen LogP contribution in [-0.4, -0.2) is 17.0 Å². The summed E-state index contributed by atoms with van der Waals surface area (Å²) >= 11 is 5.60. The summed E-state index contributed by atoms with van der Waals surface area (Å²) in [6, 6.07) is 9.28. The van der Waals surface area contributed by atoms with Gasteiger partial charge in [0.15, 0.2) is 0 Å². The zero-order valence-electron chi connectivity index (χ0n) is 14.3. The van der Waals surface area contributed by atoms with Crippen LogP contribution in [0.25, 0.3) is 0 Å². The molecule has 0 aliphatic heterocycles. The van der Waals surface area contributed by atoms with Crippen molar-refractivity contribution in [2.75, 3.05) is 11.4 Å². The monoisotopic (exact) mass is 397 g/mol. The molecule has 0 unspecified atom stereocenters. The third-order valence-electron chi connectivity index (χ3n) is 3.77. The highest BCUT2D eigenvalue weighted by Gasteiger charge is 2.32. The molecule has 0 N–H and O–H groups in total. The van der Waals surface area contributed by atoms with Gasteiger partial charge in [-0.05, 0) is 25.1 Å². The van der Waals surface area contributed by atoms with Crippen molar-refractivity contribution >= 4 is 23.2 Å². The second kappa shape index (κ2) is 8.27. The first-order valence-electron chi connectivity index (χ1n) is 7.84. The summed E-state index contributed by atoms with van der Waals surface area (Å²) in [5.41, 5.74) is -0.597. The van der Waals surface area contributed by atoms with Crippen molar-refractivity contribution in [3.8, 4) is 6.07 Å². The van der Waals surface area contributed by atoms with Crippen LogP contribution in [0.1, 0.15) is 17.5 Å². The number of nitriles is 1.